The van der Waals surface area contributed by atoms with E-state index in [0.29, 0.717) is 0 Å². The summed E-state index contributed by atoms with van der Waals surface area (Å²) in [4.78, 5) is 11.2. The molecule has 0 radical (unpaired) electrons. The van der Waals surface area contributed by atoms with Crippen molar-refractivity contribution in [2.75, 3.05) is 5.33 Å². The molecule has 1 N–H and O–H groups in total. The number of carboxylic acids is 1. The molecule has 1 aliphatic rings. The molecule has 0 aromatic rings. The summed E-state index contributed by atoms with van der Waals surface area (Å²) in [6, 6.07) is 0. The lowest BCUT2D eigenvalue weighted by molar-refractivity contribution is -0.149. The van der Waals surface area contributed by atoms with Gasteiger partial charge in [0, 0.05) is 5.33 Å². The van der Waals surface area contributed by atoms with E-state index in [4.69, 9.17) is 0 Å². The zero-order valence-corrected chi connectivity index (χ0v) is 10.2. The van der Waals surface area contributed by atoms with Crippen LogP contribution in [-0.4, -0.2) is 16.4 Å². The monoisotopic (exact) mass is 262 g/mol. The summed E-state index contributed by atoms with van der Waals surface area (Å²) >= 11 is 3.39. The van der Waals surface area contributed by atoms with E-state index in [1.165, 1.54) is 0 Å². The van der Waals surface area contributed by atoms with Crippen molar-refractivity contribution in [1.29, 1.82) is 0 Å². The lowest BCUT2D eigenvalue weighted by Crippen LogP contribution is -2.27. The maximum atomic E-state index is 11.2. The predicted octanol–water partition coefficient (Wildman–Crippen LogP) is 3.59. The number of rotatable bonds is 6. The molecule has 1 saturated carbocycles. The lowest BCUT2D eigenvalue weighted by Gasteiger charge is -2.23. The van der Waals surface area contributed by atoms with Crippen LogP contribution in [0.1, 0.15) is 51.4 Å². The first-order valence-electron chi connectivity index (χ1n) is 5.51. The SMILES string of the molecule is O=C(O)C1(CCCCCBr)CCCC1. The number of carbonyl (C=O) groups is 1. The molecule has 2 nitrogen and oxygen atoms in total. The predicted molar refractivity (Wildman–Crippen MR) is 60.8 cm³/mol. The van der Waals surface area contributed by atoms with Gasteiger partial charge in [0.05, 0.1) is 5.41 Å². The Morgan fingerprint density at radius 2 is 1.86 bits per heavy atom. The van der Waals surface area contributed by atoms with Crippen molar-refractivity contribution >= 4 is 21.9 Å². The van der Waals surface area contributed by atoms with Crippen LogP contribution in [0.3, 0.4) is 0 Å². The van der Waals surface area contributed by atoms with Gasteiger partial charge in [0.15, 0.2) is 0 Å². The molecule has 0 bridgehead atoms. The van der Waals surface area contributed by atoms with E-state index in [1.54, 1.807) is 0 Å². The van der Waals surface area contributed by atoms with Gasteiger partial charge >= 0.3 is 5.97 Å². The molecule has 14 heavy (non-hydrogen) atoms. The largest absolute Gasteiger partial charge is 0.481 e. The van der Waals surface area contributed by atoms with Crippen LogP contribution >= 0.6 is 15.9 Å². The Labute approximate surface area is 94.2 Å². The second-order valence-electron chi connectivity index (χ2n) is 4.29. The molecular weight excluding hydrogens is 244 g/mol. The maximum absolute atomic E-state index is 11.2. The van der Waals surface area contributed by atoms with Gasteiger partial charge in [-0.15, -0.1) is 0 Å². The first-order valence-corrected chi connectivity index (χ1v) is 6.63. The minimum absolute atomic E-state index is 0.355. The highest BCUT2D eigenvalue weighted by Gasteiger charge is 2.40. The van der Waals surface area contributed by atoms with Crippen LogP contribution in [0.5, 0.6) is 0 Å². The average Bonchev–Trinajstić information content (AvgIpc) is 2.62. The summed E-state index contributed by atoms with van der Waals surface area (Å²) < 4.78 is 0. The van der Waals surface area contributed by atoms with Gasteiger partial charge in [0.1, 0.15) is 0 Å². The standard InChI is InChI=1S/C11H19BrO2/c12-9-5-1-2-6-11(10(13)14)7-3-4-8-11/h1-9H2,(H,13,14). The topological polar surface area (TPSA) is 37.3 Å². The molecule has 82 valence electrons. The highest BCUT2D eigenvalue weighted by Crippen LogP contribution is 2.42. The Bertz CT molecular complexity index is 186. The fourth-order valence-corrected chi connectivity index (χ4v) is 2.75. The van der Waals surface area contributed by atoms with Gasteiger partial charge in [0.2, 0.25) is 0 Å². The van der Waals surface area contributed by atoms with Crippen LogP contribution in [0.4, 0.5) is 0 Å². The van der Waals surface area contributed by atoms with Crippen molar-refractivity contribution in [3.63, 3.8) is 0 Å². The van der Waals surface area contributed by atoms with Crippen molar-refractivity contribution in [1.82, 2.24) is 0 Å². The van der Waals surface area contributed by atoms with E-state index in [1.807, 2.05) is 0 Å². The summed E-state index contributed by atoms with van der Waals surface area (Å²) in [5, 5.41) is 10.2. The molecule has 0 heterocycles. The highest BCUT2D eigenvalue weighted by molar-refractivity contribution is 9.09. The molecule has 0 aliphatic heterocycles. The quantitative estimate of drug-likeness (QED) is 0.587. The van der Waals surface area contributed by atoms with Crippen LogP contribution in [0.2, 0.25) is 0 Å². The molecule has 0 spiro atoms. The number of hydrogen-bond acceptors (Lipinski definition) is 1. The van der Waals surface area contributed by atoms with Gasteiger partial charge in [-0.3, -0.25) is 4.79 Å². The number of alkyl halides is 1. The Balaban J connectivity index is 2.33. The second kappa shape index (κ2) is 5.74. The van der Waals surface area contributed by atoms with E-state index in [9.17, 15) is 9.90 Å². The van der Waals surface area contributed by atoms with Gasteiger partial charge in [-0.25, -0.2) is 0 Å². The molecule has 1 fully saturated rings. The molecule has 1 rings (SSSR count). The Morgan fingerprint density at radius 1 is 1.21 bits per heavy atom. The van der Waals surface area contributed by atoms with Crippen molar-refractivity contribution in [3.05, 3.63) is 0 Å². The molecule has 0 unspecified atom stereocenters. The number of unbranched alkanes of at least 4 members (excludes halogenated alkanes) is 2. The minimum atomic E-state index is -0.561. The highest BCUT2D eigenvalue weighted by atomic mass is 79.9. The Morgan fingerprint density at radius 3 is 2.36 bits per heavy atom. The van der Waals surface area contributed by atoms with E-state index in [-0.39, 0.29) is 5.41 Å². The third kappa shape index (κ3) is 2.97. The molecule has 0 aromatic heterocycles. The number of carboxylic acid groups (broad SMARTS) is 1. The fraction of sp³-hybridized carbons (Fsp3) is 0.909. The molecule has 1 aliphatic carbocycles. The summed E-state index contributed by atoms with van der Waals surface area (Å²) in [6.07, 6.45) is 8.27. The van der Waals surface area contributed by atoms with E-state index < -0.39 is 5.97 Å². The summed E-state index contributed by atoms with van der Waals surface area (Å²) in [7, 11) is 0. The van der Waals surface area contributed by atoms with Crippen molar-refractivity contribution in [2.45, 2.75) is 51.4 Å². The zero-order valence-electron chi connectivity index (χ0n) is 8.60. The first kappa shape index (κ1) is 12.0. The van der Waals surface area contributed by atoms with E-state index in [0.717, 1.165) is 56.7 Å². The molecule has 0 saturated heterocycles. The Hall–Kier alpha value is -0.0500. The van der Waals surface area contributed by atoms with Gasteiger partial charge < -0.3 is 5.11 Å². The number of halogens is 1. The van der Waals surface area contributed by atoms with Gasteiger partial charge in [-0.1, -0.05) is 41.6 Å². The first-order chi connectivity index (χ1) is 6.71. The van der Waals surface area contributed by atoms with Crippen molar-refractivity contribution < 1.29 is 9.90 Å². The minimum Gasteiger partial charge on any atom is -0.481 e. The van der Waals surface area contributed by atoms with Gasteiger partial charge in [-0.2, -0.15) is 0 Å². The van der Waals surface area contributed by atoms with E-state index in [2.05, 4.69) is 15.9 Å². The smallest absolute Gasteiger partial charge is 0.309 e. The van der Waals surface area contributed by atoms with Crippen molar-refractivity contribution in [2.24, 2.45) is 5.41 Å². The van der Waals surface area contributed by atoms with Crippen LogP contribution in [0, 0.1) is 5.41 Å². The van der Waals surface area contributed by atoms with Gasteiger partial charge in [0.25, 0.3) is 0 Å². The normalized spacial score (nSPS) is 19.8. The second-order valence-corrected chi connectivity index (χ2v) is 5.09. The third-order valence-electron chi connectivity index (χ3n) is 3.30. The van der Waals surface area contributed by atoms with E-state index >= 15 is 0 Å². The summed E-state index contributed by atoms with van der Waals surface area (Å²) in [6.45, 7) is 0. The molecule has 0 aromatic carbocycles. The van der Waals surface area contributed by atoms with Crippen LogP contribution in [-0.2, 0) is 4.79 Å². The molecular formula is C11H19BrO2. The summed E-state index contributed by atoms with van der Waals surface area (Å²) in [5.74, 6) is -0.561. The zero-order chi connectivity index (χ0) is 10.4. The fourth-order valence-electron chi connectivity index (χ4n) is 2.36. The van der Waals surface area contributed by atoms with Gasteiger partial charge in [-0.05, 0) is 25.7 Å². The summed E-state index contributed by atoms with van der Waals surface area (Å²) in [5.41, 5.74) is -0.355. The number of hydrogen-bond donors (Lipinski definition) is 1. The van der Waals surface area contributed by atoms with Crippen molar-refractivity contribution in [3.8, 4) is 0 Å². The van der Waals surface area contributed by atoms with Crippen LogP contribution in [0.15, 0.2) is 0 Å². The van der Waals surface area contributed by atoms with Crippen LogP contribution < -0.4 is 0 Å². The molecule has 0 atom stereocenters. The van der Waals surface area contributed by atoms with Crippen LogP contribution in [0.25, 0.3) is 0 Å². The molecule has 3 heteroatoms. The number of aliphatic carboxylic acids is 1. The molecule has 0 amide bonds. The average molecular weight is 263 g/mol. The lowest BCUT2D eigenvalue weighted by atomic mass is 9.81. The maximum Gasteiger partial charge on any atom is 0.309 e. The Kier molecular flexibility index (Phi) is 4.93. The third-order valence-corrected chi connectivity index (χ3v) is 3.86.